The molecule has 2 N–H and O–H groups in total. The van der Waals surface area contributed by atoms with Crippen molar-refractivity contribution in [3.63, 3.8) is 0 Å². The molecule has 1 aromatic carbocycles. The van der Waals surface area contributed by atoms with Gasteiger partial charge in [-0.15, -0.1) is 0 Å². The number of nitrogens with zero attached hydrogens (tertiary/aromatic N) is 2. The van der Waals surface area contributed by atoms with Crippen LogP contribution in [-0.2, 0) is 4.79 Å². The van der Waals surface area contributed by atoms with Crippen molar-refractivity contribution in [1.29, 1.82) is 0 Å². The van der Waals surface area contributed by atoms with Crippen LogP contribution in [0, 0.1) is 0 Å². The fourth-order valence-electron chi connectivity index (χ4n) is 3.86. The highest BCUT2D eigenvalue weighted by Crippen LogP contribution is 2.21. The molecule has 0 radical (unpaired) electrons. The third kappa shape index (κ3) is 5.00. The Bertz CT molecular complexity index is 836. The highest BCUT2D eigenvalue weighted by molar-refractivity contribution is 6.10. The van der Waals surface area contributed by atoms with Crippen LogP contribution in [0.3, 0.4) is 0 Å². The van der Waals surface area contributed by atoms with Gasteiger partial charge in [0.15, 0.2) is 5.78 Å². The largest absolute Gasteiger partial charge is 0.360 e. The van der Waals surface area contributed by atoms with Crippen molar-refractivity contribution in [3.05, 3.63) is 36.0 Å². The van der Waals surface area contributed by atoms with E-state index >= 15 is 0 Å². The standard InChI is InChI=1S/C22H32N4O2/c1-16(21(28)18-14-23-19-9-6-5-8-17(18)19)26-11-7-10-25(12-13-26)15-20(27)24-22(2,3)4/h5-6,8-9,14,16,23H,7,10-13,15H2,1-4H3,(H,24,27)/t16-/m1/s1. The number of benzene rings is 1. The van der Waals surface area contributed by atoms with Gasteiger partial charge < -0.3 is 10.3 Å². The zero-order valence-corrected chi connectivity index (χ0v) is 17.4. The third-order valence-corrected chi connectivity index (χ3v) is 5.29. The van der Waals surface area contributed by atoms with E-state index in [1.165, 1.54) is 0 Å². The molecule has 1 aliphatic rings. The highest BCUT2D eigenvalue weighted by Gasteiger charge is 2.27. The first-order chi connectivity index (χ1) is 13.2. The number of hydrogen-bond donors (Lipinski definition) is 2. The molecule has 1 saturated heterocycles. The fourth-order valence-corrected chi connectivity index (χ4v) is 3.86. The van der Waals surface area contributed by atoms with E-state index in [0.29, 0.717) is 6.54 Å². The van der Waals surface area contributed by atoms with E-state index in [2.05, 4.69) is 20.1 Å². The number of fused-ring (bicyclic) bond motifs is 1. The van der Waals surface area contributed by atoms with Gasteiger partial charge in [0.05, 0.1) is 12.6 Å². The second-order valence-corrected chi connectivity index (χ2v) is 8.75. The molecular formula is C22H32N4O2. The number of carbonyl (C=O) groups excluding carboxylic acids is 2. The molecule has 2 heterocycles. The molecule has 0 bridgehead atoms. The molecule has 1 aliphatic heterocycles. The van der Waals surface area contributed by atoms with Crippen molar-refractivity contribution in [2.24, 2.45) is 0 Å². The lowest BCUT2D eigenvalue weighted by atomic mass is 10.0. The molecule has 1 aromatic heterocycles. The Morgan fingerprint density at radius 1 is 1.14 bits per heavy atom. The average Bonchev–Trinajstić information content (AvgIpc) is 2.92. The average molecular weight is 385 g/mol. The number of rotatable bonds is 5. The Morgan fingerprint density at radius 3 is 2.64 bits per heavy atom. The molecule has 1 amide bonds. The van der Waals surface area contributed by atoms with E-state index in [1.807, 2.05) is 58.2 Å². The molecule has 0 unspecified atom stereocenters. The van der Waals surface area contributed by atoms with Gasteiger partial charge in [-0.05, 0) is 46.7 Å². The number of hydrogen-bond acceptors (Lipinski definition) is 4. The second-order valence-electron chi connectivity index (χ2n) is 8.75. The number of Topliss-reactive ketones (excluding diaryl/α,β-unsaturated/α-hetero) is 1. The lowest BCUT2D eigenvalue weighted by molar-refractivity contribution is -0.123. The van der Waals surface area contributed by atoms with E-state index in [0.717, 1.165) is 49.1 Å². The minimum absolute atomic E-state index is 0.0591. The summed E-state index contributed by atoms with van der Waals surface area (Å²) in [6, 6.07) is 7.73. The van der Waals surface area contributed by atoms with Gasteiger partial charge in [-0.1, -0.05) is 18.2 Å². The quantitative estimate of drug-likeness (QED) is 0.778. The van der Waals surface area contributed by atoms with Gasteiger partial charge >= 0.3 is 0 Å². The Labute approximate surface area is 167 Å². The molecule has 152 valence electrons. The summed E-state index contributed by atoms with van der Waals surface area (Å²) in [6.45, 7) is 11.7. The van der Waals surface area contributed by atoms with Crippen molar-refractivity contribution < 1.29 is 9.59 Å². The lowest BCUT2D eigenvalue weighted by Gasteiger charge is -2.27. The van der Waals surface area contributed by atoms with E-state index in [4.69, 9.17) is 0 Å². The van der Waals surface area contributed by atoms with Crippen molar-refractivity contribution >= 4 is 22.6 Å². The highest BCUT2D eigenvalue weighted by atomic mass is 16.2. The molecule has 28 heavy (non-hydrogen) atoms. The van der Waals surface area contributed by atoms with Gasteiger partial charge in [0.2, 0.25) is 5.91 Å². The molecule has 0 spiro atoms. The van der Waals surface area contributed by atoms with Crippen LogP contribution in [-0.4, -0.2) is 70.8 Å². The van der Waals surface area contributed by atoms with Crippen molar-refractivity contribution in [2.45, 2.75) is 45.7 Å². The smallest absolute Gasteiger partial charge is 0.234 e. The molecular weight excluding hydrogens is 352 g/mol. The molecule has 0 saturated carbocycles. The van der Waals surface area contributed by atoms with Crippen LogP contribution in [0.4, 0.5) is 0 Å². The predicted octanol–water partition coefficient (Wildman–Crippen LogP) is 2.66. The van der Waals surface area contributed by atoms with E-state index in [9.17, 15) is 9.59 Å². The molecule has 1 fully saturated rings. The Hall–Kier alpha value is -2.18. The van der Waals surface area contributed by atoms with Crippen LogP contribution in [0.1, 0.15) is 44.5 Å². The van der Waals surface area contributed by atoms with Crippen LogP contribution in [0.25, 0.3) is 10.9 Å². The van der Waals surface area contributed by atoms with E-state index in [1.54, 1.807) is 0 Å². The number of nitrogens with one attached hydrogen (secondary N) is 2. The minimum atomic E-state index is -0.213. The Morgan fingerprint density at radius 2 is 1.89 bits per heavy atom. The van der Waals surface area contributed by atoms with Gasteiger partial charge in [0.25, 0.3) is 0 Å². The molecule has 2 aromatic rings. The number of ketones is 1. The molecule has 0 aliphatic carbocycles. The maximum Gasteiger partial charge on any atom is 0.234 e. The van der Waals surface area contributed by atoms with Gasteiger partial charge in [0.1, 0.15) is 0 Å². The maximum atomic E-state index is 13.1. The summed E-state index contributed by atoms with van der Waals surface area (Å²) in [7, 11) is 0. The fraction of sp³-hybridized carbons (Fsp3) is 0.545. The topological polar surface area (TPSA) is 68.4 Å². The van der Waals surface area contributed by atoms with Gasteiger partial charge in [-0.3, -0.25) is 19.4 Å². The first-order valence-electron chi connectivity index (χ1n) is 10.1. The zero-order valence-electron chi connectivity index (χ0n) is 17.4. The van der Waals surface area contributed by atoms with Crippen LogP contribution >= 0.6 is 0 Å². The summed E-state index contributed by atoms with van der Waals surface area (Å²) in [5.74, 6) is 0.209. The van der Waals surface area contributed by atoms with Gasteiger partial charge in [0, 0.05) is 47.8 Å². The normalized spacial score (nSPS) is 18.0. The number of aromatic amines is 1. The number of amides is 1. The second kappa shape index (κ2) is 8.45. The molecule has 6 heteroatoms. The molecule has 1 atom stereocenters. The minimum Gasteiger partial charge on any atom is -0.360 e. The third-order valence-electron chi connectivity index (χ3n) is 5.29. The lowest BCUT2D eigenvalue weighted by Crippen LogP contribution is -2.47. The molecule has 3 rings (SSSR count). The number of para-hydroxylation sites is 1. The Balaban J connectivity index is 1.60. The number of H-pyrrole nitrogens is 1. The SMILES string of the molecule is C[C@H](C(=O)c1c[nH]c2ccccc12)N1CCCN(CC(=O)NC(C)(C)C)CC1. The molecule has 6 nitrogen and oxygen atoms in total. The van der Waals surface area contributed by atoms with Gasteiger partial charge in [-0.2, -0.15) is 0 Å². The summed E-state index contributed by atoms with van der Waals surface area (Å²) in [5, 5.41) is 4.00. The first-order valence-corrected chi connectivity index (χ1v) is 10.1. The van der Waals surface area contributed by atoms with Crippen LogP contribution < -0.4 is 5.32 Å². The number of aromatic nitrogens is 1. The van der Waals surface area contributed by atoms with Crippen LogP contribution in [0.5, 0.6) is 0 Å². The summed E-state index contributed by atoms with van der Waals surface area (Å²) in [4.78, 5) is 32.9. The first kappa shape index (κ1) is 20.6. The zero-order chi connectivity index (χ0) is 20.3. The van der Waals surface area contributed by atoms with E-state index < -0.39 is 0 Å². The monoisotopic (exact) mass is 384 g/mol. The summed E-state index contributed by atoms with van der Waals surface area (Å²) in [5.41, 5.74) is 1.54. The van der Waals surface area contributed by atoms with Crippen LogP contribution in [0.2, 0.25) is 0 Å². The summed E-state index contributed by atoms with van der Waals surface area (Å²) < 4.78 is 0. The van der Waals surface area contributed by atoms with Crippen LogP contribution in [0.15, 0.2) is 30.5 Å². The van der Waals surface area contributed by atoms with Crippen molar-refractivity contribution in [2.75, 3.05) is 32.7 Å². The van der Waals surface area contributed by atoms with Crippen molar-refractivity contribution in [1.82, 2.24) is 20.1 Å². The predicted molar refractivity (Wildman–Crippen MR) is 113 cm³/mol. The summed E-state index contributed by atoms with van der Waals surface area (Å²) >= 11 is 0. The van der Waals surface area contributed by atoms with Gasteiger partial charge in [-0.25, -0.2) is 0 Å². The van der Waals surface area contributed by atoms with E-state index in [-0.39, 0.29) is 23.3 Å². The number of carbonyl (C=O) groups is 2. The van der Waals surface area contributed by atoms with Crippen molar-refractivity contribution in [3.8, 4) is 0 Å². The Kier molecular flexibility index (Phi) is 6.20. The maximum absolute atomic E-state index is 13.1. The summed E-state index contributed by atoms with van der Waals surface area (Å²) in [6.07, 6.45) is 2.78.